The summed E-state index contributed by atoms with van der Waals surface area (Å²) in [5.41, 5.74) is 1.08. The van der Waals surface area contributed by atoms with Crippen LogP contribution in [0.25, 0.3) is 11.0 Å². The van der Waals surface area contributed by atoms with Crippen LogP contribution < -0.4 is 5.32 Å². The van der Waals surface area contributed by atoms with Crippen molar-refractivity contribution in [2.75, 3.05) is 5.32 Å². The van der Waals surface area contributed by atoms with Gasteiger partial charge >= 0.3 is 0 Å². The van der Waals surface area contributed by atoms with Crippen molar-refractivity contribution in [1.82, 2.24) is 19.5 Å². The van der Waals surface area contributed by atoms with Crippen LogP contribution >= 0.6 is 15.9 Å². The minimum Gasteiger partial charge on any atom is -0.327 e. The zero-order valence-electron chi connectivity index (χ0n) is 15.5. The number of hydrogen-bond donors (Lipinski definition) is 1. The van der Waals surface area contributed by atoms with Gasteiger partial charge in [0.05, 0.1) is 29.8 Å². The molecule has 0 saturated heterocycles. The van der Waals surface area contributed by atoms with E-state index in [1.165, 1.54) is 12.3 Å². The van der Waals surface area contributed by atoms with Crippen LogP contribution in [-0.2, 0) is 4.79 Å². The quantitative estimate of drug-likeness (QED) is 0.627. The summed E-state index contributed by atoms with van der Waals surface area (Å²) in [6.07, 6.45) is 6.55. The molecular weight excluding hydrogens is 444 g/mol. The third kappa shape index (κ3) is 3.21. The van der Waals surface area contributed by atoms with Gasteiger partial charge in [0, 0.05) is 24.1 Å². The lowest BCUT2D eigenvalue weighted by Gasteiger charge is -2.19. The summed E-state index contributed by atoms with van der Waals surface area (Å²) >= 11 is 3.22. The number of hydrogen-bond acceptors (Lipinski definition) is 4. The van der Waals surface area contributed by atoms with Crippen molar-refractivity contribution >= 4 is 38.7 Å². The summed E-state index contributed by atoms with van der Waals surface area (Å²) in [4.78, 5) is 25.0. The molecule has 2 heterocycles. The van der Waals surface area contributed by atoms with E-state index >= 15 is 0 Å². The molecule has 2 fully saturated rings. The predicted molar refractivity (Wildman–Crippen MR) is 106 cm³/mol. The fourth-order valence-electron chi connectivity index (χ4n) is 4.94. The molecule has 6 nitrogen and oxygen atoms in total. The van der Waals surface area contributed by atoms with Crippen LogP contribution in [0, 0.1) is 35.3 Å². The molecule has 2 saturated carbocycles. The molecule has 2 aromatic heterocycles. The van der Waals surface area contributed by atoms with Gasteiger partial charge in [-0.05, 0) is 46.5 Å². The molecule has 2 aliphatic rings. The molecule has 2 aliphatic carbocycles. The standard InChI is InChI=1S/C20H18BrF2N5O/c1-9(20(29)27-18-7-24-17(21)6-25-18)19-11-2-10(3-12(11)19)28-8-26-15-4-13(22)14(23)5-16(15)28/h4-12,19H,2-3H2,1H3,(H,25,27,29)/t9?,10?,11-,12+,19?. The van der Waals surface area contributed by atoms with E-state index in [9.17, 15) is 13.6 Å². The largest absolute Gasteiger partial charge is 0.327 e. The minimum atomic E-state index is -0.882. The van der Waals surface area contributed by atoms with E-state index in [0.717, 1.165) is 18.9 Å². The van der Waals surface area contributed by atoms with E-state index in [1.807, 2.05) is 11.5 Å². The number of halogens is 3. The number of anilines is 1. The number of imidazole rings is 1. The molecule has 0 radical (unpaired) electrons. The number of rotatable bonds is 4. The number of nitrogens with one attached hydrogen (secondary N) is 1. The van der Waals surface area contributed by atoms with Crippen molar-refractivity contribution < 1.29 is 13.6 Å². The zero-order chi connectivity index (χ0) is 20.3. The third-order valence-electron chi connectivity index (χ3n) is 6.36. The first-order chi connectivity index (χ1) is 13.9. The number of carbonyl (C=O) groups excluding carboxylic acids is 1. The lowest BCUT2D eigenvalue weighted by Crippen LogP contribution is -2.24. The van der Waals surface area contributed by atoms with Crippen molar-refractivity contribution in [2.24, 2.45) is 23.7 Å². The Bertz CT molecular complexity index is 1090. The Morgan fingerprint density at radius 1 is 1.17 bits per heavy atom. The third-order valence-corrected chi connectivity index (χ3v) is 6.77. The second-order valence-corrected chi connectivity index (χ2v) is 8.75. The number of nitrogens with zero attached hydrogens (tertiary/aromatic N) is 4. The van der Waals surface area contributed by atoms with E-state index in [0.29, 0.717) is 39.2 Å². The first kappa shape index (κ1) is 18.6. The molecule has 9 heteroatoms. The van der Waals surface area contributed by atoms with Crippen molar-refractivity contribution in [1.29, 1.82) is 0 Å². The number of carbonyl (C=O) groups is 1. The molecule has 0 aliphatic heterocycles. The predicted octanol–water partition coefficient (Wildman–Crippen LogP) is 4.34. The van der Waals surface area contributed by atoms with E-state index in [1.54, 1.807) is 12.5 Å². The van der Waals surface area contributed by atoms with Crippen LogP contribution in [0.3, 0.4) is 0 Å². The Balaban J connectivity index is 1.25. The molecule has 0 spiro atoms. The van der Waals surface area contributed by atoms with Gasteiger partial charge in [-0.25, -0.2) is 23.7 Å². The van der Waals surface area contributed by atoms with E-state index in [4.69, 9.17) is 0 Å². The van der Waals surface area contributed by atoms with Gasteiger partial charge in [-0.2, -0.15) is 0 Å². The van der Waals surface area contributed by atoms with E-state index in [2.05, 4.69) is 36.2 Å². The first-order valence-corrected chi connectivity index (χ1v) is 10.3. The number of benzene rings is 1. The summed E-state index contributed by atoms with van der Waals surface area (Å²) in [5, 5.41) is 2.83. The van der Waals surface area contributed by atoms with Gasteiger partial charge in [0.15, 0.2) is 17.5 Å². The maximum atomic E-state index is 13.7. The van der Waals surface area contributed by atoms with Crippen molar-refractivity contribution in [3.63, 3.8) is 0 Å². The molecule has 5 atom stereocenters. The van der Waals surface area contributed by atoms with Crippen LogP contribution in [0.5, 0.6) is 0 Å². The van der Waals surface area contributed by atoms with Crippen molar-refractivity contribution in [2.45, 2.75) is 25.8 Å². The second-order valence-electron chi connectivity index (χ2n) is 7.94. The van der Waals surface area contributed by atoms with Gasteiger partial charge in [-0.3, -0.25) is 4.79 Å². The maximum Gasteiger partial charge on any atom is 0.228 e. The Hall–Kier alpha value is -2.42. The first-order valence-electron chi connectivity index (χ1n) is 9.52. The van der Waals surface area contributed by atoms with Gasteiger partial charge in [0.1, 0.15) is 4.60 Å². The van der Waals surface area contributed by atoms with Crippen LogP contribution in [-0.4, -0.2) is 25.4 Å². The molecule has 0 bridgehead atoms. The van der Waals surface area contributed by atoms with E-state index < -0.39 is 11.6 Å². The minimum absolute atomic E-state index is 0.0526. The van der Waals surface area contributed by atoms with Crippen LogP contribution in [0.15, 0.2) is 35.5 Å². The van der Waals surface area contributed by atoms with Gasteiger partial charge in [-0.1, -0.05) is 6.92 Å². The SMILES string of the molecule is CC(C(=O)Nc1cnc(Br)cn1)C1[C@H]2CC(n3cnc4cc(F)c(F)cc43)C[C@@H]12. The van der Waals surface area contributed by atoms with Gasteiger partial charge in [0.2, 0.25) is 5.91 Å². The normalized spacial score (nSPS) is 26.3. The fraction of sp³-hybridized carbons (Fsp3) is 0.400. The molecule has 3 unspecified atom stereocenters. The van der Waals surface area contributed by atoms with Crippen LogP contribution in [0.1, 0.15) is 25.8 Å². The second kappa shape index (κ2) is 6.83. The number of fused-ring (bicyclic) bond motifs is 2. The molecule has 5 rings (SSSR count). The lowest BCUT2D eigenvalue weighted by molar-refractivity contribution is -0.120. The topological polar surface area (TPSA) is 72.7 Å². The molecule has 150 valence electrons. The Labute approximate surface area is 173 Å². The maximum absolute atomic E-state index is 13.7. The van der Waals surface area contributed by atoms with Crippen molar-refractivity contribution in [3.05, 3.63) is 47.1 Å². The van der Waals surface area contributed by atoms with Crippen molar-refractivity contribution in [3.8, 4) is 0 Å². The summed E-state index contributed by atoms with van der Waals surface area (Å²) < 4.78 is 29.6. The highest BCUT2D eigenvalue weighted by Gasteiger charge is 2.59. The zero-order valence-corrected chi connectivity index (χ0v) is 17.1. The summed E-state index contributed by atoms with van der Waals surface area (Å²) in [6, 6.07) is 2.55. The number of aromatic nitrogens is 4. The Morgan fingerprint density at radius 2 is 1.90 bits per heavy atom. The summed E-state index contributed by atoms with van der Waals surface area (Å²) in [5.74, 6) is -0.231. The monoisotopic (exact) mass is 461 g/mol. The molecule has 1 N–H and O–H groups in total. The van der Waals surface area contributed by atoms with Gasteiger partial charge in [-0.15, -0.1) is 0 Å². The Kier molecular flexibility index (Phi) is 4.38. The summed E-state index contributed by atoms with van der Waals surface area (Å²) in [7, 11) is 0. The van der Waals surface area contributed by atoms with E-state index in [-0.39, 0.29) is 17.9 Å². The molecular formula is C20H18BrF2N5O. The molecule has 1 amide bonds. The highest BCUT2D eigenvalue weighted by atomic mass is 79.9. The van der Waals surface area contributed by atoms with Crippen LogP contribution in [0.4, 0.5) is 14.6 Å². The highest BCUT2D eigenvalue weighted by Crippen LogP contribution is 2.64. The summed E-state index contributed by atoms with van der Waals surface area (Å²) in [6.45, 7) is 1.95. The lowest BCUT2D eigenvalue weighted by atomic mass is 9.96. The molecule has 3 aromatic rings. The van der Waals surface area contributed by atoms with Gasteiger partial charge in [0.25, 0.3) is 0 Å². The molecule has 1 aromatic carbocycles. The Morgan fingerprint density at radius 3 is 2.59 bits per heavy atom. The fourth-order valence-corrected chi connectivity index (χ4v) is 5.14. The van der Waals surface area contributed by atoms with Gasteiger partial charge < -0.3 is 9.88 Å². The number of amides is 1. The smallest absolute Gasteiger partial charge is 0.228 e. The highest BCUT2D eigenvalue weighted by molar-refractivity contribution is 9.10. The van der Waals surface area contributed by atoms with Crippen LogP contribution in [0.2, 0.25) is 0 Å². The average molecular weight is 462 g/mol. The molecule has 29 heavy (non-hydrogen) atoms. The average Bonchev–Trinajstić information content (AvgIpc) is 3.02.